The maximum atomic E-state index is 10.9. The molecule has 0 bridgehead atoms. The van der Waals surface area contributed by atoms with E-state index < -0.39 is 0 Å². The first-order chi connectivity index (χ1) is 11.0. The van der Waals surface area contributed by atoms with Gasteiger partial charge in [0.2, 0.25) is 0 Å². The van der Waals surface area contributed by atoms with Crippen LogP contribution in [-0.2, 0) is 0 Å². The molecule has 1 unspecified atom stereocenters. The molecule has 3 aromatic rings. The van der Waals surface area contributed by atoms with Gasteiger partial charge in [-0.1, -0.05) is 12.1 Å². The number of hydrogen-bond donors (Lipinski definition) is 2. The van der Waals surface area contributed by atoms with E-state index in [-0.39, 0.29) is 16.5 Å². The Balaban J connectivity index is 2.12. The number of nitrogens with one attached hydrogen (secondary N) is 2. The highest BCUT2D eigenvalue weighted by atomic mass is 16.6. The lowest BCUT2D eigenvalue weighted by Crippen LogP contribution is -2.06. The Labute approximate surface area is 134 Å². The fourth-order valence-electron chi connectivity index (χ4n) is 3.03. The highest BCUT2D eigenvalue weighted by Crippen LogP contribution is 2.33. The molecule has 0 aliphatic carbocycles. The molecule has 2 N–H and O–H groups in total. The largest absolute Gasteiger partial charge is 0.364 e. The van der Waals surface area contributed by atoms with E-state index in [1.54, 1.807) is 12.1 Å². The lowest BCUT2D eigenvalue weighted by molar-refractivity contribution is -0.384. The van der Waals surface area contributed by atoms with Gasteiger partial charge in [0.1, 0.15) is 0 Å². The number of aryl methyl sites for hydroxylation is 3. The standard InChI is InChI=1S/C18H19N3O2/c1-11-8-16(19-10-11)17(18-12(2)9-13(3)20-18)14-4-6-15(7-5-14)21(22)23/h4-10,17,19-20H,1-3H3. The van der Waals surface area contributed by atoms with Crippen molar-refractivity contribution in [2.24, 2.45) is 0 Å². The quantitative estimate of drug-likeness (QED) is 0.555. The van der Waals surface area contributed by atoms with Crippen LogP contribution >= 0.6 is 0 Å². The number of non-ortho nitro benzene ring substituents is 1. The minimum absolute atomic E-state index is 0.00166. The van der Waals surface area contributed by atoms with Crippen LogP contribution in [-0.4, -0.2) is 14.9 Å². The molecule has 1 aromatic carbocycles. The molecule has 0 amide bonds. The molecular weight excluding hydrogens is 290 g/mol. The Morgan fingerprint density at radius 3 is 2.26 bits per heavy atom. The summed E-state index contributed by atoms with van der Waals surface area (Å²) in [6.45, 7) is 6.15. The molecular formula is C18H19N3O2. The molecule has 2 aromatic heterocycles. The maximum absolute atomic E-state index is 10.9. The summed E-state index contributed by atoms with van der Waals surface area (Å²) in [7, 11) is 0. The number of nitro groups is 1. The third kappa shape index (κ3) is 2.90. The molecule has 118 valence electrons. The monoisotopic (exact) mass is 309 g/mol. The average Bonchev–Trinajstić information content (AvgIpc) is 3.06. The molecule has 0 saturated heterocycles. The average molecular weight is 309 g/mol. The summed E-state index contributed by atoms with van der Waals surface area (Å²) >= 11 is 0. The van der Waals surface area contributed by atoms with E-state index in [9.17, 15) is 10.1 Å². The Hall–Kier alpha value is -2.82. The van der Waals surface area contributed by atoms with Gasteiger partial charge in [-0.2, -0.15) is 0 Å². The van der Waals surface area contributed by atoms with Gasteiger partial charge in [0, 0.05) is 35.4 Å². The van der Waals surface area contributed by atoms with E-state index >= 15 is 0 Å². The molecule has 0 saturated carbocycles. The van der Waals surface area contributed by atoms with Gasteiger partial charge in [0.05, 0.1) is 10.8 Å². The van der Waals surface area contributed by atoms with Crippen molar-refractivity contribution in [1.29, 1.82) is 0 Å². The summed E-state index contributed by atoms with van der Waals surface area (Å²) in [5.41, 5.74) is 6.75. The van der Waals surface area contributed by atoms with E-state index in [4.69, 9.17) is 0 Å². The summed E-state index contributed by atoms with van der Waals surface area (Å²) < 4.78 is 0. The summed E-state index contributed by atoms with van der Waals surface area (Å²) in [6.07, 6.45) is 1.97. The zero-order valence-corrected chi connectivity index (χ0v) is 13.4. The van der Waals surface area contributed by atoms with Gasteiger partial charge in [-0.15, -0.1) is 0 Å². The lowest BCUT2D eigenvalue weighted by Gasteiger charge is -2.17. The van der Waals surface area contributed by atoms with E-state index in [0.717, 1.165) is 28.2 Å². The highest BCUT2D eigenvalue weighted by Gasteiger charge is 2.22. The summed E-state index contributed by atoms with van der Waals surface area (Å²) in [5.74, 6) is -0.00166. The molecule has 5 nitrogen and oxygen atoms in total. The molecule has 0 radical (unpaired) electrons. The lowest BCUT2D eigenvalue weighted by atomic mass is 9.90. The zero-order chi connectivity index (χ0) is 16.6. The van der Waals surface area contributed by atoms with Crippen molar-refractivity contribution in [3.05, 3.63) is 86.5 Å². The van der Waals surface area contributed by atoms with Gasteiger partial charge in [-0.3, -0.25) is 10.1 Å². The minimum Gasteiger partial charge on any atom is -0.364 e. The molecule has 2 heterocycles. The Morgan fingerprint density at radius 1 is 1.09 bits per heavy atom. The van der Waals surface area contributed by atoms with E-state index in [1.165, 1.54) is 5.56 Å². The number of aromatic amines is 2. The van der Waals surface area contributed by atoms with Crippen LogP contribution < -0.4 is 0 Å². The van der Waals surface area contributed by atoms with Crippen molar-refractivity contribution in [3.63, 3.8) is 0 Å². The van der Waals surface area contributed by atoms with E-state index in [0.29, 0.717) is 0 Å². The van der Waals surface area contributed by atoms with Gasteiger partial charge in [0.25, 0.3) is 5.69 Å². The van der Waals surface area contributed by atoms with Crippen LogP contribution in [0.3, 0.4) is 0 Å². The van der Waals surface area contributed by atoms with Crippen LogP contribution in [0.15, 0.2) is 42.6 Å². The number of benzene rings is 1. The van der Waals surface area contributed by atoms with Crippen molar-refractivity contribution in [2.75, 3.05) is 0 Å². The molecule has 1 atom stereocenters. The highest BCUT2D eigenvalue weighted by molar-refractivity contribution is 5.45. The van der Waals surface area contributed by atoms with Gasteiger partial charge < -0.3 is 9.97 Å². The Morgan fingerprint density at radius 2 is 1.78 bits per heavy atom. The zero-order valence-electron chi connectivity index (χ0n) is 13.4. The van der Waals surface area contributed by atoms with E-state index in [1.807, 2.05) is 32.2 Å². The number of hydrogen-bond acceptors (Lipinski definition) is 2. The molecule has 5 heteroatoms. The first kappa shape index (κ1) is 15.1. The Kier molecular flexibility index (Phi) is 3.78. The predicted molar refractivity (Wildman–Crippen MR) is 89.8 cm³/mol. The minimum atomic E-state index is -0.373. The number of aromatic nitrogens is 2. The van der Waals surface area contributed by atoms with Crippen LogP contribution in [0.2, 0.25) is 0 Å². The number of nitro benzene ring substituents is 1. The summed E-state index contributed by atoms with van der Waals surface area (Å²) in [6, 6.07) is 11.0. The number of nitrogens with zero attached hydrogens (tertiary/aromatic N) is 1. The van der Waals surface area contributed by atoms with E-state index in [2.05, 4.69) is 29.0 Å². The van der Waals surface area contributed by atoms with Gasteiger partial charge in [0.15, 0.2) is 0 Å². The Bertz CT molecular complexity index is 844. The van der Waals surface area contributed by atoms with Crippen molar-refractivity contribution < 1.29 is 4.92 Å². The third-order valence-electron chi connectivity index (χ3n) is 4.08. The van der Waals surface area contributed by atoms with Crippen molar-refractivity contribution in [1.82, 2.24) is 9.97 Å². The fourth-order valence-corrected chi connectivity index (χ4v) is 3.03. The van der Waals surface area contributed by atoms with Crippen molar-refractivity contribution >= 4 is 5.69 Å². The van der Waals surface area contributed by atoms with Crippen LogP contribution in [0.5, 0.6) is 0 Å². The van der Waals surface area contributed by atoms with Crippen LogP contribution in [0.1, 0.15) is 39.7 Å². The van der Waals surface area contributed by atoms with Crippen LogP contribution in [0.25, 0.3) is 0 Å². The summed E-state index contributed by atoms with van der Waals surface area (Å²) in [5, 5.41) is 10.9. The number of rotatable bonds is 4. The second kappa shape index (κ2) is 5.76. The van der Waals surface area contributed by atoms with Gasteiger partial charge in [-0.05, 0) is 49.6 Å². The third-order valence-corrected chi connectivity index (χ3v) is 4.08. The van der Waals surface area contributed by atoms with Crippen LogP contribution in [0, 0.1) is 30.9 Å². The SMILES string of the molecule is Cc1c[nH]c(C(c2ccc([N+](=O)[O-])cc2)c2[nH]c(C)cc2C)c1. The first-order valence-corrected chi connectivity index (χ1v) is 7.51. The second-order valence-corrected chi connectivity index (χ2v) is 5.96. The molecule has 23 heavy (non-hydrogen) atoms. The molecule has 0 aliphatic heterocycles. The molecule has 0 aliphatic rings. The molecule has 3 rings (SSSR count). The fraction of sp³-hybridized carbons (Fsp3) is 0.222. The number of H-pyrrole nitrogens is 2. The predicted octanol–water partition coefficient (Wildman–Crippen LogP) is 4.36. The van der Waals surface area contributed by atoms with Gasteiger partial charge in [-0.25, -0.2) is 0 Å². The topological polar surface area (TPSA) is 74.7 Å². The van der Waals surface area contributed by atoms with Crippen LogP contribution in [0.4, 0.5) is 5.69 Å². The van der Waals surface area contributed by atoms with Gasteiger partial charge >= 0.3 is 0 Å². The molecule has 0 fully saturated rings. The smallest absolute Gasteiger partial charge is 0.269 e. The second-order valence-electron chi connectivity index (χ2n) is 5.96. The normalized spacial score (nSPS) is 12.3. The van der Waals surface area contributed by atoms with Crippen molar-refractivity contribution in [2.45, 2.75) is 26.7 Å². The maximum Gasteiger partial charge on any atom is 0.269 e. The first-order valence-electron chi connectivity index (χ1n) is 7.51. The molecule has 0 spiro atoms. The summed E-state index contributed by atoms with van der Waals surface area (Å²) in [4.78, 5) is 17.3. The van der Waals surface area contributed by atoms with Crippen molar-refractivity contribution in [3.8, 4) is 0 Å².